The van der Waals surface area contributed by atoms with Gasteiger partial charge in [0, 0.05) is 0 Å². The second kappa shape index (κ2) is 4.64. The van der Waals surface area contributed by atoms with E-state index in [0.29, 0.717) is 0 Å². The van der Waals surface area contributed by atoms with Gasteiger partial charge in [0.05, 0.1) is 0 Å². The molecule has 0 radical (unpaired) electrons. The van der Waals surface area contributed by atoms with E-state index in [4.69, 9.17) is 0 Å². The third-order valence-corrected chi connectivity index (χ3v) is 0.965. The molecule has 1 aliphatic carbocycles. The van der Waals surface area contributed by atoms with Gasteiger partial charge < -0.3 is 14.6 Å². The van der Waals surface area contributed by atoms with E-state index < -0.39 is 11.9 Å². The van der Waals surface area contributed by atoms with Crippen molar-refractivity contribution >= 4 is 11.9 Å². The molecule has 1 saturated carbocycles. The standard InChI is InChI=1S/C5H6O4.H4N2/c6-4(7)5(8)9-3-1-2-3;1-2/h3H,1-2H2,(H,6,7);1-2H2/p-1. The monoisotopic (exact) mass is 161 g/mol. The van der Waals surface area contributed by atoms with Gasteiger partial charge in [-0.2, -0.15) is 0 Å². The van der Waals surface area contributed by atoms with Crippen LogP contribution in [-0.4, -0.2) is 18.0 Å². The van der Waals surface area contributed by atoms with Crippen LogP contribution in [0.4, 0.5) is 0 Å². The lowest BCUT2D eigenvalue weighted by Crippen LogP contribution is -2.33. The zero-order valence-corrected chi connectivity index (χ0v) is 5.78. The summed E-state index contributed by atoms with van der Waals surface area (Å²) in [6.07, 6.45) is 1.40. The van der Waals surface area contributed by atoms with Crippen LogP contribution in [0.25, 0.3) is 0 Å². The zero-order chi connectivity index (χ0) is 8.85. The van der Waals surface area contributed by atoms with Crippen LogP contribution in [0.2, 0.25) is 0 Å². The molecule has 0 aromatic carbocycles. The second-order valence-electron chi connectivity index (χ2n) is 1.89. The van der Waals surface area contributed by atoms with Crippen LogP contribution in [-0.2, 0) is 14.3 Å². The Kier molecular flexibility index (Phi) is 4.16. The molecule has 6 nitrogen and oxygen atoms in total. The first kappa shape index (κ1) is 9.86. The van der Waals surface area contributed by atoms with E-state index in [1.807, 2.05) is 0 Å². The molecule has 0 unspecified atom stereocenters. The number of carbonyl (C=O) groups is 2. The first-order valence-electron chi connectivity index (χ1n) is 2.95. The second-order valence-corrected chi connectivity index (χ2v) is 1.89. The minimum absolute atomic E-state index is 0.157. The van der Waals surface area contributed by atoms with E-state index >= 15 is 0 Å². The lowest BCUT2D eigenvalue weighted by molar-refractivity contribution is -0.303. The number of hydrazine groups is 1. The fourth-order valence-corrected chi connectivity index (χ4v) is 0.385. The summed E-state index contributed by atoms with van der Waals surface area (Å²) in [5.41, 5.74) is 0. The summed E-state index contributed by atoms with van der Waals surface area (Å²) in [7, 11) is 0. The van der Waals surface area contributed by atoms with Crippen molar-refractivity contribution in [3.8, 4) is 0 Å². The van der Waals surface area contributed by atoms with Gasteiger partial charge in [-0.05, 0) is 12.8 Å². The van der Waals surface area contributed by atoms with Crippen LogP contribution >= 0.6 is 0 Å². The predicted octanol–water partition coefficient (Wildman–Crippen LogP) is -2.74. The van der Waals surface area contributed by atoms with Crippen molar-refractivity contribution in [3.05, 3.63) is 0 Å². The van der Waals surface area contributed by atoms with Crippen LogP contribution in [0.3, 0.4) is 0 Å². The topological polar surface area (TPSA) is 118 Å². The van der Waals surface area contributed by atoms with E-state index in [2.05, 4.69) is 16.4 Å². The highest BCUT2D eigenvalue weighted by atomic mass is 16.6. The molecule has 0 heterocycles. The van der Waals surface area contributed by atoms with E-state index in [1.54, 1.807) is 0 Å². The minimum atomic E-state index is -1.76. The summed E-state index contributed by atoms with van der Waals surface area (Å²) in [5.74, 6) is 4.99. The Morgan fingerprint density at radius 1 is 1.36 bits per heavy atom. The van der Waals surface area contributed by atoms with E-state index in [1.165, 1.54) is 0 Å². The van der Waals surface area contributed by atoms with Gasteiger partial charge in [-0.25, -0.2) is 4.79 Å². The highest BCUT2D eigenvalue weighted by molar-refractivity contribution is 6.27. The number of rotatable bonds is 1. The van der Waals surface area contributed by atoms with Crippen LogP contribution in [0.15, 0.2) is 0 Å². The molecule has 0 bridgehead atoms. The molecular weight excluding hydrogens is 152 g/mol. The number of hydrogen-bond acceptors (Lipinski definition) is 6. The van der Waals surface area contributed by atoms with Gasteiger partial charge in [-0.1, -0.05) is 0 Å². The van der Waals surface area contributed by atoms with Gasteiger partial charge in [-0.3, -0.25) is 11.7 Å². The van der Waals surface area contributed by atoms with Crippen molar-refractivity contribution in [1.29, 1.82) is 0 Å². The Labute approximate surface area is 63.1 Å². The van der Waals surface area contributed by atoms with Gasteiger partial charge >= 0.3 is 5.97 Å². The van der Waals surface area contributed by atoms with Crippen molar-refractivity contribution in [2.45, 2.75) is 18.9 Å². The number of carboxylic acid groups (broad SMARTS) is 1. The lowest BCUT2D eigenvalue weighted by Gasteiger charge is -2.00. The highest BCUT2D eigenvalue weighted by Gasteiger charge is 2.25. The third-order valence-electron chi connectivity index (χ3n) is 0.965. The van der Waals surface area contributed by atoms with E-state index in [9.17, 15) is 14.7 Å². The van der Waals surface area contributed by atoms with Crippen LogP contribution in [0.5, 0.6) is 0 Å². The molecule has 0 aromatic heterocycles. The maximum atomic E-state index is 10.1. The van der Waals surface area contributed by atoms with Crippen molar-refractivity contribution in [3.63, 3.8) is 0 Å². The number of nitrogens with two attached hydrogens (primary N) is 2. The molecule has 0 spiro atoms. The summed E-state index contributed by atoms with van der Waals surface area (Å²) in [6, 6.07) is 0. The Morgan fingerprint density at radius 3 is 2.09 bits per heavy atom. The number of aliphatic carboxylic acids is 1. The van der Waals surface area contributed by atoms with Crippen molar-refractivity contribution in [2.75, 3.05) is 0 Å². The Morgan fingerprint density at radius 2 is 1.82 bits per heavy atom. The summed E-state index contributed by atoms with van der Waals surface area (Å²) in [4.78, 5) is 19.8. The number of carbonyl (C=O) groups excluding carboxylic acids is 2. The van der Waals surface area contributed by atoms with Gasteiger partial charge in [-0.15, -0.1) is 0 Å². The molecule has 0 amide bonds. The molecule has 4 N–H and O–H groups in total. The number of carboxylic acids is 1. The normalized spacial score (nSPS) is 14.4. The van der Waals surface area contributed by atoms with Crippen molar-refractivity contribution in [1.82, 2.24) is 0 Å². The number of hydrogen-bond donors (Lipinski definition) is 2. The molecule has 64 valence electrons. The Hall–Kier alpha value is -1.14. The number of ether oxygens (including phenoxy) is 1. The zero-order valence-electron chi connectivity index (χ0n) is 5.78. The van der Waals surface area contributed by atoms with Crippen LogP contribution in [0.1, 0.15) is 12.8 Å². The maximum absolute atomic E-state index is 10.1. The van der Waals surface area contributed by atoms with Gasteiger partial charge in [0.15, 0.2) is 5.97 Å². The quantitative estimate of drug-likeness (QED) is 0.186. The fraction of sp³-hybridized carbons (Fsp3) is 0.600. The first-order valence-corrected chi connectivity index (χ1v) is 2.95. The van der Waals surface area contributed by atoms with Gasteiger partial charge in [0.2, 0.25) is 0 Å². The van der Waals surface area contributed by atoms with Gasteiger partial charge in [0.1, 0.15) is 6.10 Å². The predicted molar refractivity (Wildman–Crippen MR) is 32.5 cm³/mol. The van der Waals surface area contributed by atoms with Gasteiger partial charge in [0.25, 0.3) is 0 Å². The molecule has 0 saturated heterocycles. The molecule has 0 aromatic rings. The van der Waals surface area contributed by atoms with E-state index in [-0.39, 0.29) is 6.10 Å². The van der Waals surface area contributed by atoms with Crippen LogP contribution < -0.4 is 16.8 Å². The average Bonchev–Trinajstić information content (AvgIpc) is 2.76. The van der Waals surface area contributed by atoms with Crippen molar-refractivity contribution in [2.24, 2.45) is 11.7 Å². The molecule has 11 heavy (non-hydrogen) atoms. The number of esters is 1. The Balaban J connectivity index is 0.000000461. The summed E-state index contributed by atoms with van der Waals surface area (Å²) in [6.45, 7) is 0. The highest BCUT2D eigenvalue weighted by Crippen LogP contribution is 2.23. The maximum Gasteiger partial charge on any atom is 0.354 e. The summed E-state index contributed by atoms with van der Waals surface area (Å²) < 4.78 is 4.32. The third kappa shape index (κ3) is 4.29. The molecule has 1 rings (SSSR count). The fourth-order valence-electron chi connectivity index (χ4n) is 0.385. The molecule has 6 heteroatoms. The molecule has 0 atom stereocenters. The molecular formula is C5H9N2O4-. The van der Waals surface area contributed by atoms with E-state index in [0.717, 1.165) is 12.8 Å². The minimum Gasteiger partial charge on any atom is -0.539 e. The smallest absolute Gasteiger partial charge is 0.354 e. The van der Waals surface area contributed by atoms with Crippen LogP contribution in [0, 0.1) is 0 Å². The molecule has 1 aliphatic rings. The largest absolute Gasteiger partial charge is 0.539 e. The average molecular weight is 161 g/mol. The first-order chi connectivity index (χ1) is 5.20. The SMILES string of the molecule is NN.O=C([O-])C(=O)OC1CC1. The summed E-state index contributed by atoms with van der Waals surface area (Å²) in [5, 5.41) is 9.68. The van der Waals surface area contributed by atoms with Crippen molar-refractivity contribution < 1.29 is 19.4 Å². The Bertz CT molecular complexity index is 155. The summed E-state index contributed by atoms with van der Waals surface area (Å²) >= 11 is 0. The molecule has 0 aliphatic heterocycles. The molecule has 1 fully saturated rings. The lowest BCUT2D eigenvalue weighted by atomic mass is 10.7.